The number of rotatable bonds is 5. The van der Waals surface area contributed by atoms with Crippen LogP contribution in [0.25, 0.3) is 5.78 Å². The van der Waals surface area contributed by atoms with Crippen molar-refractivity contribution in [2.75, 3.05) is 6.61 Å². The minimum Gasteiger partial charge on any atom is -0.273 e. The van der Waals surface area contributed by atoms with Crippen molar-refractivity contribution in [2.24, 2.45) is 5.92 Å². The lowest BCUT2D eigenvalue weighted by Crippen LogP contribution is -2.27. The fourth-order valence-corrected chi connectivity index (χ4v) is 1.68. The van der Waals surface area contributed by atoms with Gasteiger partial charge in [0.25, 0.3) is 11.7 Å². The maximum atomic E-state index is 12.0. The van der Waals surface area contributed by atoms with Crippen molar-refractivity contribution in [1.29, 1.82) is 0 Å². The Morgan fingerprint density at radius 2 is 2.26 bits per heavy atom. The van der Waals surface area contributed by atoms with Crippen LogP contribution >= 0.6 is 0 Å². The number of amides is 1. The monoisotopic (exact) mass is 263 g/mol. The molecule has 2 heterocycles. The fraction of sp³-hybridized carbons (Fsp3) is 0.500. The lowest BCUT2D eigenvalue weighted by Gasteiger charge is -2.10. The number of hydrogen-bond acceptors (Lipinski definition) is 5. The molecule has 0 fully saturated rings. The van der Waals surface area contributed by atoms with Crippen LogP contribution in [0.4, 0.5) is 0 Å². The van der Waals surface area contributed by atoms with Crippen LogP contribution in [0, 0.1) is 5.92 Å². The van der Waals surface area contributed by atoms with Gasteiger partial charge in [-0.15, -0.1) is 0 Å². The highest BCUT2D eigenvalue weighted by molar-refractivity contribution is 5.94. The molecule has 0 saturated carbocycles. The number of nitrogens with one attached hydrogen (secondary N) is 1. The van der Waals surface area contributed by atoms with Crippen molar-refractivity contribution in [3.05, 3.63) is 23.8 Å². The molecule has 0 bridgehead atoms. The van der Waals surface area contributed by atoms with Crippen LogP contribution in [0.2, 0.25) is 0 Å². The number of hydroxylamine groups is 1. The van der Waals surface area contributed by atoms with Crippen LogP contribution in [0.3, 0.4) is 0 Å². The van der Waals surface area contributed by atoms with Crippen molar-refractivity contribution >= 4 is 11.7 Å². The summed E-state index contributed by atoms with van der Waals surface area (Å²) in [4.78, 5) is 25.2. The van der Waals surface area contributed by atoms with Gasteiger partial charge in [-0.1, -0.05) is 20.8 Å². The van der Waals surface area contributed by atoms with E-state index in [1.54, 1.807) is 4.52 Å². The van der Waals surface area contributed by atoms with E-state index >= 15 is 0 Å². The number of aromatic nitrogens is 4. The molecule has 1 amide bonds. The minimum absolute atomic E-state index is 0.317. The summed E-state index contributed by atoms with van der Waals surface area (Å²) in [6, 6.07) is 0. The van der Waals surface area contributed by atoms with E-state index in [0.717, 1.165) is 5.69 Å². The Kier molecular flexibility index (Phi) is 4.06. The van der Waals surface area contributed by atoms with Crippen molar-refractivity contribution in [2.45, 2.75) is 27.2 Å². The van der Waals surface area contributed by atoms with Gasteiger partial charge in [0.15, 0.2) is 0 Å². The van der Waals surface area contributed by atoms with Crippen LogP contribution in [0.5, 0.6) is 0 Å². The highest BCUT2D eigenvalue weighted by atomic mass is 16.6. The number of aryl methyl sites for hydroxylation is 1. The van der Waals surface area contributed by atoms with Gasteiger partial charge in [-0.3, -0.25) is 9.63 Å². The second-order valence-corrected chi connectivity index (χ2v) is 4.58. The highest BCUT2D eigenvalue weighted by Crippen LogP contribution is 2.09. The first-order chi connectivity index (χ1) is 9.13. The molecule has 0 radical (unpaired) electrons. The van der Waals surface area contributed by atoms with Crippen LogP contribution in [-0.2, 0) is 11.3 Å². The molecule has 0 aliphatic rings. The molecule has 19 heavy (non-hydrogen) atoms. The molecule has 0 aromatic carbocycles. The van der Waals surface area contributed by atoms with Crippen molar-refractivity contribution < 1.29 is 9.63 Å². The molecule has 0 aliphatic carbocycles. The summed E-state index contributed by atoms with van der Waals surface area (Å²) >= 11 is 0. The first kappa shape index (κ1) is 13.4. The van der Waals surface area contributed by atoms with Gasteiger partial charge in [0.1, 0.15) is 6.33 Å². The lowest BCUT2D eigenvalue weighted by atomic mass is 10.2. The van der Waals surface area contributed by atoms with E-state index in [0.29, 0.717) is 30.3 Å². The molecule has 102 valence electrons. The summed E-state index contributed by atoms with van der Waals surface area (Å²) < 4.78 is 1.57. The molecule has 0 unspecified atom stereocenters. The number of fused-ring (bicyclic) bond motifs is 1. The molecular weight excluding hydrogens is 246 g/mol. The third-order valence-corrected chi connectivity index (χ3v) is 2.57. The largest absolute Gasteiger partial charge is 0.278 e. The first-order valence-corrected chi connectivity index (χ1v) is 6.23. The van der Waals surface area contributed by atoms with Gasteiger partial charge in [0.05, 0.1) is 17.9 Å². The molecule has 2 rings (SSSR count). The Balaban J connectivity index is 2.21. The van der Waals surface area contributed by atoms with Gasteiger partial charge in [0.2, 0.25) is 0 Å². The molecule has 2 aromatic rings. The maximum Gasteiger partial charge on any atom is 0.278 e. The number of hydrogen-bond donors (Lipinski definition) is 1. The fourth-order valence-electron chi connectivity index (χ4n) is 1.68. The molecule has 1 N–H and O–H groups in total. The average Bonchev–Trinajstić information content (AvgIpc) is 2.85. The Labute approximate surface area is 111 Å². The van der Waals surface area contributed by atoms with Gasteiger partial charge < -0.3 is 0 Å². The van der Waals surface area contributed by atoms with Crippen LogP contribution in [0.1, 0.15) is 36.8 Å². The summed E-state index contributed by atoms with van der Waals surface area (Å²) in [6.45, 7) is 6.42. The zero-order valence-corrected chi connectivity index (χ0v) is 11.3. The first-order valence-electron chi connectivity index (χ1n) is 6.23. The smallest absolute Gasteiger partial charge is 0.273 e. The van der Waals surface area contributed by atoms with Gasteiger partial charge >= 0.3 is 0 Å². The molecule has 7 heteroatoms. The Morgan fingerprint density at radius 1 is 1.47 bits per heavy atom. The quantitative estimate of drug-likeness (QED) is 0.814. The van der Waals surface area contributed by atoms with Gasteiger partial charge in [0, 0.05) is 6.20 Å². The van der Waals surface area contributed by atoms with E-state index in [4.69, 9.17) is 4.84 Å². The maximum absolute atomic E-state index is 12.0. The Morgan fingerprint density at radius 3 is 2.95 bits per heavy atom. The van der Waals surface area contributed by atoms with E-state index in [9.17, 15) is 4.79 Å². The zero-order chi connectivity index (χ0) is 13.8. The molecule has 0 spiro atoms. The molecule has 0 atom stereocenters. The molecule has 2 aromatic heterocycles. The average molecular weight is 263 g/mol. The molecular formula is C12H17N5O2. The minimum atomic E-state index is -0.317. The van der Waals surface area contributed by atoms with E-state index in [1.165, 1.54) is 12.5 Å². The number of nitrogens with zero attached hydrogens (tertiary/aromatic N) is 4. The van der Waals surface area contributed by atoms with Crippen molar-refractivity contribution in [1.82, 2.24) is 25.1 Å². The van der Waals surface area contributed by atoms with Crippen LogP contribution in [-0.4, -0.2) is 32.1 Å². The van der Waals surface area contributed by atoms with Gasteiger partial charge in [-0.05, 0) is 12.3 Å². The van der Waals surface area contributed by atoms with E-state index < -0.39 is 0 Å². The van der Waals surface area contributed by atoms with Crippen LogP contribution < -0.4 is 5.48 Å². The molecule has 0 aliphatic heterocycles. The normalized spacial score (nSPS) is 11.2. The van der Waals surface area contributed by atoms with Crippen LogP contribution in [0.15, 0.2) is 12.5 Å². The SMILES string of the molecule is CCc1c(C(=O)NOCC(C)C)cnc2ncnn12. The molecule has 7 nitrogen and oxygen atoms in total. The summed E-state index contributed by atoms with van der Waals surface area (Å²) in [7, 11) is 0. The van der Waals surface area contributed by atoms with Crippen molar-refractivity contribution in [3.8, 4) is 0 Å². The standard InChI is InChI=1S/C12H17N5O2/c1-4-10-9(11(18)16-19-6-8(2)3)5-13-12-14-7-15-17(10)12/h5,7-8H,4,6H2,1-3H3,(H,16,18). The summed E-state index contributed by atoms with van der Waals surface area (Å²) in [6.07, 6.45) is 3.56. The number of carbonyl (C=O) groups is 1. The topological polar surface area (TPSA) is 81.4 Å². The predicted octanol–water partition coefficient (Wildman–Crippen LogP) is 1.00. The summed E-state index contributed by atoms with van der Waals surface area (Å²) in [5.41, 5.74) is 3.63. The third-order valence-electron chi connectivity index (χ3n) is 2.57. The Bertz CT molecular complexity index is 579. The van der Waals surface area contributed by atoms with Crippen molar-refractivity contribution in [3.63, 3.8) is 0 Å². The number of carbonyl (C=O) groups excluding carboxylic acids is 1. The van der Waals surface area contributed by atoms with E-state index in [-0.39, 0.29) is 5.91 Å². The predicted molar refractivity (Wildman–Crippen MR) is 68.4 cm³/mol. The van der Waals surface area contributed by atoms with E-state index in [2.05, 4.69) is 20.5 Å². The van der Waals surface area contributed by atoms with Gasteiger partial charge in [-0.25, -0.2) is 15.0 Å². The second-order valence-electron chi connectivity index (χ2n) is 4.58. The van der Waals surface area contributed by atoms with Gasteiger partial charge in [-0.2, -0.15) is 10.1 Å². The zero-order valence-electron chi connectivity index (χ0n) is 11.3. The Hall–Kier alpha value is -2.02. The molecule has 0 saturated heterocycles. The summed E-state index contributed by atoms with van der Waals surface area (Å²) in [5.74, 6) is 0.515. The second kappa shape index (κ2) is 5.75. The third kappa shape index (κ3) is 2.87. The highest BCUT2D eigenvalue weighted by Gasteiger charge is 2.15. The summed E-state index contributed by atoms with van der Waals surface area (Å²) in [5, 5.41) is 4.06. The lowest BCUT2D eigenvalue weighted by molar-refractivity contribution is 0.0207. The van der Waals surface area contributed by atoms with E-state index in [1.807, 2.05) is 20.8 Å².